The Morgan fingerprint density at radius 2 is 2.20 bits per heavy atom. The highest BCUT2D eigenvalue weighted by Crippen LogP contribution is 2.24. The van der Waals surface area contributed by atoms with Gasteiger partial charge in [-0.1, -0.05) is 6.92 Å². The van der Waals surface area contributed by atoms with Crippen LogP contribution in [0.1, 0.15) is 23.7 Å². The van der Waals surface area contributed by atoms with E-state index in [-0.39, 0.29) is 23.5 Å². The van der Waals surface area contributed by atoms with E-state index in [1.54, 1.807) is 6.92 Å². The number of rotatable bonds is 4. The Kier molecular flexibility index (Phi) is 3.38. The van der Waals surface area contributed by atoms with Crippen molar-refractivity contribution in [1.29, 1.82) is 0 Å². The van der Waals surface area contributed by atoms with Crippen LogP contribution in [0.4, 0.5) is 5.69 Å². The number of Topliss-reactive ketones (excluding diaryl/α,β-unsaturated/α-hetero) is 1. The maximum absolute atomic E-state index is 11.5. The van der Waals surface area contributed by atoms with Crippen LogP contribution in [0.5, 0.6) is 5.75 Å². The second-order valence-electron chi connectivity index (χ2n) is 2.92. The lowest BCUT2D eigenvalue weighted by Crippen LogP contribution is -2.01. The highest BCUT2D eigenvalue weighted by molar-refractivity contribution is 5.99. The summed E-state index contributed by atoms with van der Waals surface area (Å²) in [6.45, 7) is 1.70. The summed E-state index contributed by atoms with van der Waals surface area (Å²) in [6.07, 6.45) is 0.289. The Labute approximate surface area is 86.8 Å². The summed E-state index contributed by atoms with van der Waals surface area (Å²) in [5, 5.41) is 10.5. The number of carbonyl (C=O) groups excluding carboxylic acids is 1. The minimum Gasteiger partial charge on any atom is -0.496 e. The first-order chi connectivity index (χ1) is 7.10. The zero-order valence-electron chi connectivity index (χ0n) is 8.52. The minimum atomic E-state index is -0.536. The van der Waals surface area contributed by atoms with Crippen LogP contribution in [-0.2, 0) is 0 Å². The number of carbonyl (C=O) groups is 1. The number of benzene rings is 1. The Balaban J connectivity index is 3.25. The summed E-state index contributed by atoms with van der Waals surface area (Å²) in [6, 6.07) is 3.98. The molecule has 0 aromatic heterocycles. The molecule has 5 heteroatoms. The van der Waals surface area contributed by atoms with Crippen LogP contribution in [0.15, 0.2) is 18.2 Å². The maximum atomic E-state index is 11.5. The molecule has 0 saturated carbocycles. The fraction of sp³-hybridized carbons (Fsp3) is 0.300. The van der Waals surface area contributed by atoms with Crippen molar-refractivity contribution in [3.63, 3.8) is 0 Å². The number of nitro benzene ring substituents is 1. The second-order valence-corrected chi connectivity index (χ2v) is 2.92. The topological polar surface area (TPSA) is 69.4 Å². The predicted octanol–water partition coefficient (Wildman–Crippen LogP) is 2.20. The number of ketones is 1. The van der Waals surface area contributed by atoms with E-state index in [0.29, 0.717) is 5.75 Å². The molecule has 1 aromatic rings. The Bertz CT molecular complexity index is 400. The van der Waals surface area contributed by atoms with Gasteiger partial charge in [-0.05, 0) is 6.07 Å². The largest absolute Gasteiger partial charge is 0.496 e. The molecular weight excluding hydrogens is 198 g/mol. The fourth-order valence-corrected chi connectivity index (χ4v) is 1.22. The van der Waals surface area contributed by atoms with E-state index < -0.39 is 4.92 Å². The van der Waals surface area contributed by atoms with Gasteiger partial charge in [0.15, 0.2) is 5.78 Å². The summed E-state index contributed by atoms with van der Waals surface area (Å²) in [5.74, 6) is 0.197. The number of nitrogens with zero attached hydrogens (tertiary/aromatic N) is 1. The molecule has 5 nitrogen and oxygen atoms in total. The van der Waals surface area contributed by atoms with E-state index in [2.05, 4.69) is 0 Å². The molecule has 0 heterocycles. The van der Waals surface area contributed by atoms with Gasteiger partial charge in [-0.3, -0.25) is 14.9 Å². The molecule has 0 saturated heterocycles. The molecular formula is C10H11NO4. The standard InChI is InChI=1S/C10H11NO4/c1-3-9(12)8-6-7(11(13)14)4-5-10(8)15-2/h4-6H,3H2,1-2H3. The molecule has 0 N–H and O–H groups in total. The molecule has 1 aromatic carbocycles. The Hall–Kier alpha value is -1.91. The van der Waals surface area contributed by atoms with Crippen LogP contribution in [0.3, 0.4) is 0 Å². The van der Waals surface area contributed by atoms with Crippen LogP contribution in [0, 0.1) is 10.1 Å². The maximum Gasteiger partial charge on any atom is 0.270 e. The van der Waals surface area contributed by atoms with Crippen molar-refractivity contribution < 1.29 is 14.5 Å². The first kappa shape index (κ1) is 11.2. The average Bonchev–Trinajstić information content (AvgIpc) is 2.27. The van der Waals surface area contributed by atoms with Gasteiger partial charge in [-0.25, -0.2) is 0 Å². The fourth-order valence-electron chi connectivity index (χ4n) is 1.22. The van der Waals surface area contributed by atoms with Crippen molar-refractivity contribution in [2.75, 3.05) is 7.11 Å². The SMILES string of the molecule is CCC(=O)c1cc([N+](=O)[O-])ccc1OC. The molecule has 0 bridgehead atoms. The lowest BCUT2D eigenvalue weighted by Gasteiger charge is -2.05. The number of hydrogen-bond donors (Lipinski definition) is 0. The molecule has 0 aliphatic heterocycles. The Morgan fingerprint density at radius 1 is 1.53 bits per heavy atom. The third-order valence-electron chi connectivity index (χ3n) is 2.02. The van der Waals surface area contributed by atoms with Gasteiger partial charge in [0.1, 0.15) is 5.75 Å². The van der Waals surface area contributed by atoms with Gasteiger partial charge < -0.3 is 4.74 Å². The number of ether oxygens (including phenoxy) is 1. The van der Waals surface area contributed by atoms with Gasteiger partial charge in [0.2, 0.25) is 0 Å². The van der Waals surface area contributed by atoms with Crippen LogP contribution < -0.4 is 4.74 Å². The van der Waals surface area contributed by atoms with Crippen LogP contribution in [0.25, 0.3) is 0 Å². The Morgan fingerprint density at radius 3 is 2.67 bits per heavy atom. The molecule has 80 valence electrons. The highest BCUT2D eigenvalue weighted by atomic mass is 16.6. The number of methoxy groups -OCH3 is 1. The highest BCUT2D eigenvalue weighted by Gasteiger charge is 2.15. The van der Waals surface area contributed by atoms with Crippen LogP contribution in [0.2, 0.25) is 0 Å². The first-order valence-corrected chi connectivity index (χ1v) is 4.45. The summed E-state index contributed by atoms with van der Waals surface area (Å²) >= 11 is 0. The molecule has 0 aliphatic rings. The molecule has 1 rings (SSSR count). The summed E-state index contributed by atoms with van der Waals surface area (Å²) in [4.78, 5) is 21.4. The van der Waals surface area contributed by atoms with Gasteiger partial charge in [0, 0.05) is 18.6 Å². The van der Waals surface area contributed by atoms with Crippen molar-refractivity contribution in [3.8, 4) is 5.75 Å². The number of nitro groups is 1. The summed E-state index contributed by atoms with van der Waals surface area (Å²) < 4.78 is 4.96. The molecule has 0 atom stereocenters. The van der Waals surface area contributed by atoms with Crippen molar-refractivity contribution in [3.05, 3.63) is 33.9 Å². The zero-order valence-corrected chi connectivity index (χ0v) is 8.52. The van der Waals surface area contributed by atoms with Crippen molar-refractivity contribution >= 4 is 11.5 Å². The smallest absolute Gasteiger partial charge is 0.270 e. The third kappa shape index (κ3) is 2.31. The van der Waals surface area contributed by atoms with E-state index in [1.807, 2.05) is 0 Å². The minimum absolute atomic E-state index is 0.104. The number of hydrogen-bond acceptors (Lipinski definition) is 4. The monoisotopic (exact) mass is 209 g/mol. The molecule has 0 radical (unpaired) electrons. The van der Waals surface area contributed by atoms with E-state index in [1.165, 1.54) is 25.3 Å². The van der Waals surface area contributed by atoms with Gasteiger partial charge in [0.25, 0.3) is 5.69 Å². The molecule has 15 heavy (non-hydrogen) atoms. The zero-order chi connectivity index (χ0) is 11.4. The van der Waals surface area contributed by atoms with E-state index in [9.17, 15) is 14.9 Å². The molecule has 0 aliphatic carbocycles. The van der Waals surface area contributed by atoms with Gasteiger partial charge in [0.05, 0.1) is 17.6 Å². The summed E-state index contributed by atoms with van der Waals surface area (Å²) in [5.41, 5.74) is 0.154. The molecule has 0 unspecified atom stereocenters. The van der Waals surface area contributed by atoms with E-state index in [4.69, 9.17) is 4.74 Å². The van der Waals surface area contributed by atoms with Gasteiger partial charge >= 0.3 is 0 Å². The normalized spacial score (nSPS) is 9.73. The summed E-state index contributed by atoms with van der Waals surface area (Å²) in [7, 11) is 1.42. The van der Waals surface area contributed by atoms with Crippen LogP contribution >= 0.6 is 0 Å². The lowest BCUT2D eigenvalue weighted by molar-refractivity contribution is -0.384. The molecule has 0 amide bonds. The van der Waals surface area contributed by atoms with Gasteiger partial charge in [-0.15, -0.1) is 0 Å². The predicted molar refractivity (Wildman–Crippen MR) is 54.3 cm³/mol. The van der Waals surface area contributed by atoms with Gasteiger partial charge in [-0.2, -0.15) is 0 Å². The lowest BCUT2D eigenvalue weighted by atomic mass is 10.1. The molecule has 0 spiro atoms. The third-order valence-corrected chi connectivity index (χ3v) is 2.02. The van der Waals surface area contributed by atoms with Crippen molar-refractivity contribution in [2.24, 2.45) is 0 Å². The average molecular weight is 209 g/mol. The van der Waals surface area contributed by atoms with Crippen molar-refractivity contribution in [1.82, 2.24) is 0 Å². The van der Waals surface area contributed by atoms with E-state index >= 15 is 0 Å². The van der Waals surface area contributed by atoms with Crippen molar-refractivity contribution in [2.45, 2.75) is 13.3 Å². The molecule has 0 fully saturated rings. The van der Waals surface area contributed by atoms with Crippen LogP contribution in [-0.4, -0.2) is 17.8 Å². The number of non-ortho nitro benzene ring substituents is 1. The first-order valence-electron chi connectivity index (χ1n) is 4.45. The second kappa shape index (κ2) is 4.54. The van der Waals surface area contributed by atoms with E-state index in [0.717, 1.165) is 0 Å². The quantitative estimate of drug-likeness (QED) is 0.433.